The molecule has 0 unspecified atom stereocenters. The summed E-state index contributed by atoms with van der Waals surface area (Å²) < 4.78 is 6.27. The fourth-order valence-electron chi connectivity index (χ4n) is 6.57. The largest absolute Gasteiger partial charge is 0.456 e. The molecule has 7 aromatic carbocycles. The number of nitrogens with zero attached hydrogens (tertiary/aromatic N) is 3. The van der Waals surface area contributed by atoms with Crippen LogP contribution >= 0.6 is 0 Å². The molecule has 0 aliphatic carbocycles. The molecular formula is C45H29N3O. The molecule has 4 nitrogen and oxygen atoms in total. The number of furan rings is 1. The summed E-state index contributed by atoms with van der Waals surface area (Å²) in [4.78, 5) is 15.4. The summed E-state index contributed by atoms with van der Waals surface area (Å²) in [5.74, 6) is 1.79. The first-order valence-corrected chi connectivity index (χ1v) is 16.4. The summed E-state index contributed by atoms with van der Waals surface area (Å²) >= 11 is 0. The van der Waals surface area contributed by atoms with Crippen LogP contribution in [-0.2, 0) is 0 Å². The molecule has 0 N–H and O–H groups in total. The zero-order valence-corrected chi connectivity index (χ0v) is 26.5. The third-order valence-corrected chi connectivity index (χ3v) is 8.98. The van der Waals surface area contributed by atoms with E-state index in [1.54, 1.807) is 0 Å². The molecule has 230 valence electrons. The van der Waals surface area contributed by atoms with Crippen LogP contribution in [0.15, 0.2) is 180 Å². The predicted octanol–water partition coefficient (Wildman–Crippen LogP) is 11.8. The Morgan fingerprint density at radius 2 is 0.816 bits per heavy atom. The second kappa shape index (κ2) is 12.2. The van der Waals surface area contributed by atoms with E-state index in [9.17, 15) is 0 Å². The highest BCUT2D eigenvalue weighted by atomic mass is 16.3. The van der Waals surface area contributed by atoms with Crippen LogP contribution in [0.25, 0.3) is 89.5 Å². The smallest absolute Gasteiger partial charge is 0.164 e. The molecule has 0 spiro atoms. The van der Waals surface area contributed by atoms with Crippen molar-refractivity contribution in [2.24, 2.45) is 0 Å². The van der Waals surface area contributed by atoms with Crippen LogP contribution in [0.2, 0.25) is 0 Å². The molecule has 49 heavy (non-hydrogen) atoms. The van der Waals surface area contributed by atoms with Crippen LogP contribution in [0.4, 0.5) is 0 Å². The maximum atomic E-state index is 6.27. The Labute approximate surface area is 284 Å². The fourth-order valence-corrected chi connectivity index (χ4v) is 6.57. The zero-order valence-electron chi connectivity index (χ0n) is 26.5. The van der Waals surface area contributed by atoms with Crippen LogP contribution in [0.1, 0.15) is 0 Å². The van der Waals surface area contributed by atoms with Gasteiger partial charge in [-0.15, -0.1) is 0 Å². The van der Waals surface area contributed by atoms with Crippen LogP contribution in [0, 0.1) is 0 Å². The highest BCUT2D eigenvalue weighted by Crippen LogP contribution is 2.40. The molecule has 4 heteroatoms. The first-order chi connectivity index (χ1) is 24.3. The van der Waals surface area contributed by atoms with Crippen molar-refractivity contribution in [2.45, 2.75) is 0 Å². The Balaban J connectivity index is 1.26. The van der Waals surface area contributed by atoms with Crippen molar-refractivity contribution >= 4 is 21.9 Å². The SMILES string of the molecule is c1ccc(-c2ccc(-c3nc(-c4ccc5c(c4)oc4ccccc45)nc(-c4cccc(-c5ccccc5)c4-c4ccccc4)n3)cc2)cc1. The van der Waals surface area contributed by atoms with Gasteiger partial charge in [-0.2, -0.15) is 0 Å². The van der Waals surface area contributed by atoms with E-state index in [4.69, 9.17) is 19.4 Å². The molecule has 0 saturated heterocycles. The Bertz CT molecular complexity index is 2580. The summed E-state index contributed by atoms with van der Waals surface area (Å²) in [5.41, 5.74) is 11.1. The van der Waals surface area contributed by atoms with E-state index in [-0.39, 0.29) is 0 Å². The molecule has 0 aliphatic rings. The number of hydrogen-bond acceptors (Lipinski definition) is 4. The maximum absolute atomic E-state index is 6.27. The lowest BCUT2D eigenvalue weighted by atomic mass is 9.90. The molecule has 0 aliphatic heterocycles. The minimum Gasteiger partial charge on any atom is -0.456 e. The molecule has 2 aromatic heterocycles. The molecule has 9 aromatic rings. The van der Waals surface area contributed by atoms with Crippen LogP contribution in [0.3, 0.4) is 0 Å². The minimum absolute atomic E-state index is 0.582. The standard InChI is InChI=1S/C45H29N3O/c1-4-13-30(14-5-1)31-23-25-34(26-24-31)43-46-44(35-27-28-38-37-19-10-11-22-40(37)49-41(38)29-35)48-45(47-43)39-21-12-20-36(32-15-6-2-7-16-32)42(39)33-17-8-3-9-18-33/h1-29H. The van der Waals surface area contributed by atoms with Crippen molar-refractivity contribution in [1.29, 1.82) is 0 Å². The predicted molar refractivity (Wildman–Crippen MR) is 200 cm³/mol. The topological polar surface area (TPSA) is 51.8 Å². The Hall–Kier alpha value is -6.65. The summed E-state index contributed by atoms with van der Waals surface area (Å²) in [6, 6.07) is 60.4. The molecule has 0 fully saturated rings. The number of benzene rings is 7. The van der Waals surface area contributed by atoms with Gasteiger partial charge in [0.2, 0.25) is 0 Å². The van der Waals surface area contributed by atoms with Gasteiger partial charge in [-0.25, -0.2) is 15.0 Å². The lowest BCUT2D eigenvalue weighted by Gasteiger charge is -2.16. The van der Waals surface area contributed by atoms with Gasteiger partial charge in [-0.1, -0.05) is 158 Å². The van der Waals surface area contributed by atoms with Gasteiger partial charge in [-0.05, 0) is 46.0 Å². The van der Waals surface area contributed by atoms with Crippen molar-refractivity contribution in [3.63, 3.8) is 0 Å². The first-order valence-electron chi connectivity index (χ1n) is 16.4. The lowest BCUT2D eigenvalue weighted by molar-refractivity contribution is 0.669. The monoisotopic (exact) mass is 627 g/mol. The van der Waals surface area contributed by atoms with Gasteiger partial charge < -0.3 is 4.42 Å². The van der Waals surface area contributed by atoms with Crippen molar-refractivity contribution in [3.05, 3.63) is 176 Å². The van der Waals surface area contributed by atoms with E-state index in [2.05, 4.69) is 133 Å². The molecule has 0 saturated carbocycles. The highest BCUT2D eigenvalue weighted by Gasteiger charge is 2.19. The van der Waals surface area contributed by atoms with Crippen molar-refractivity contribution in [1.82, 2.24) is 15.0 Å². The number of para-hydroxylation sites is 1. The highest BCUT2D eigenvalue weighted by molar-refractivity contribution is 6.05. The van der Waals surface area contributed by atoms with Gasteiger partial charge in [0.15, 0.2) is 17.5 Å². The van der Waals surface area contributed by atoms with E-state index in [0.717, 1.165) is 72.0 Å². The van der Waals surface area contributed by atoms with E-state index in [1.165, 1.54) is 0 Å². The molecule has 0 amide bonds. The Morgan fingerprint density at radius 1 is 0.306 bits per heavy atom. The summed E-state index contributed by atoms with van der Waals surface area (Å²) in [6.07, 6.45) is 0. The molecule has 2 heterocycles. The van der Waals surface area contributed by atoms with Crippen molar-refractivity contribution in [3.8, 4) is 67.5 Å². The fraction of sp³-hybridized carbons (Fsp3) is 0. The van der Waals surface area contributed by atoms with Gasteiger partial charge in [0.1, 0.15) is 11.2 Å². The molecule has 0 radical (unpaired) electrons. The normalized spacial score (nSPS) is 11.3. The molecular weight excluding hydrogens is 599 g/mol. The quantitative estimate of drug-likeness (QED) is 0.184. The van der Waals surface area contributed by atoms with Gasteiger partial charge >= 0.3 is 0 Å². The molecule has 9 rings (SSSR count). The number of aromatic nitrogens is 3. The third-order valence-electron chi connectivity index (χ3n) is 8.98. The van der Waals surface area contributed by atoms with E-state index < -0.39 is 0 Å². The summed E-state index contributed by atoms with van der Waals surface area (Å²) in [6.45, 7) is 0. The van der Waals surface area contributed by atoms with E-state index in [1.807, 2.05) is 42.5 Å². The average Bonchev–Trinajstić information content (AvgIpc) is 3.56. The molecule has 0 bridgehead atoms. The van der Waals surface area contributed by atoms with Gasteiger partial charge in [0, 0.05) is 33.0 Å². The number of hydrogen-bond donors (Lipinski definition) is 0. The van der Waals surface area contributed by atoms with Crippen LogP contribution < -0.4 is 0 Å². The second-order valence-electron chi connectivity index (χ2n) is 12.0. The first kappa shape index (κ1) is 28.6. The van der Waals surface area contributed by atoms with E-state index in [0.29, 0.717) is 17.5 Å². The van der Waals surface area contributed by atoms with Crippen LogP contribution in [0.5, 0.6) is 0 Å². The number of rotatable bonds is 6. The zero-order chi connectivity index (χ0) is 32.6. The Kier molecular flexibility index (Phi) is 7.10. The summed E-state index contributed by atoms with van der Waals surface area (Å²) in [7, 11) is 0. The van der Waals surface area contributed by atoms with Gasteiger partial charge in [-0.3, -0.25) is 0 Å². The van der Waals surface area contributed by atoms with Gasteiger partial charge in [0.25, 0.3) is 0 Å². The minimum atomic E-state index is 0.582. The maximum Gasteiger partial charge on any atom is 0.164 e. The van der Waals surface area contributed by atoms with Crippen molar-refractivity contribution < 1.29 is 4.42 Å². The summed E-state index contributed by atoms with van der Waals surface area (Å²) in [5, 5.41) is 2.15. The molecule has 0 atom stereocenters. The van der Waals surface area contributed by atoms with Crippen molar-refractivity contribution in [2.75, 3.05) is 0 Å². The second-order valence-corrected chi connectivity index (χ2v) is 12.0. The number of fused-ring (bicyclic) bond motifs is 3. The average molecular weight is 628 g/mol. The van der Waals surface area contributed by atoms with E-state index >= 15 is 0 Å². The Morgan fingerprint density at radius 3 is 1.55 bits per heavy atom. The lowest BCUT2D eigenvalue weighted by Crippen LogP contribution is -2.02. The third kappa shape index (κ3) is 5.35. The van der Waals surface area contributed by atoms with Crippen LogP contribution in [-0.4, -0.2) is 15.0 Å². The van der Waals surface area contributed by atoms with Gasteiger partial charge in [0.05, 0.1) is 0 Å².